The maximum absolute atomic E-state index is 5.00. The van der Waals surface area contributed by atoms with Crippen LogP contribution in [0.5, 0.6) is 0 Å². The highest BCUT2D eigenvalue weighted by molar-refractivity contribution is 6.39. The van der Waals surface area contributed by atoms with Crippen LogP contribution in [0.2, 0.25) is 0 Å². The van der Waals surface area contributed by atoms with E-state index >= 15 is 0 Å². The van der Waals surface area contributed by atoms with Crippen LogP contribution in [-0.4, -0.2) is 5.71 Å². The van der Waals surface area contributed by atoms with E-state index in [-0.39, 0.29) is 0 Å². The molecule has 0 bridgehead atoms. The Balaban J connectivity index is 1.35. The Kier molecular flexibility index (Phi) is 3.99. The summed E-state index contributed by atoms with van der Waals surface area (Å²) in [6.45, 7) is 8.93. The van der Waals surface area contributed by atoms with Gasteiger partial charge in [0.15, 0.2) is 0 Å². The fourth-order valence-corrected chi connectivity index (χ4v) is 5.77. The zero-order valence-corrected chi connectivity index (χ0v) is 18.7. The van der Waals surface area contributed by atoms with Gasteiger partial charge in [0.05, 0.1) is 11.4 Å². The largest absolute Gasteiger partial charge is 0.247 e. The summed E-state index contributed by atoms with van der Waals surface area (Å²) in [7, 11) is 0. The molecule has 0 spiro atoms. The van der Waals surface area contributed by atoms with Crippen molar-refractivity contribution in [3.8, 4) is 11.1 Å². The Bertz CT molecular complexity index is 1320. The number of aryl methyl sites for hydroxylation is 2. The van der Waals surface area contributed by atoms with Crippen LogP contribution in [0.15, 0.2) is 82.4 Å². The summed E-state index contributed by atoms with van der Waals surface area (Å²) in [4.78, 5) is 5.00. The molecule has 3 aliphatic rings. The molecule has 1 nitrogen and oxygen atoms in total. The first-order chi connectivity index (χ1) is 15.0. The highest BCUT2D eigenvalue weighted by Crippen LogP contribution is 2.48. The van der Waals surface area contributed by atoms with Gasteiger partial charge < -0.3 is 0 Å². The Labute approximate surface area is 184 Å². The third kappa shape index (κ3) is 2.59. The molecular weight excluding hydrogens is 374 g/mol. The van der Waals surface area contributed by atoms with Crippen molar-refractivity contribution in [2.75, 3.05) is 0 Å². The van der Waals surface area contributed by atoms with Gasteiger partial charge in [-0.2, -0.15) is 0 Å². The molecule has 0 N–H and O–H groups in total. The maximum atomic E-state index is 5.00. The van der Waals surface area contributed by atoms with Crippen LogP contribution in [0, 0.1) is 6.92 Å². The van der Waals surface area contributed by atoms with Crippen molar-refractivity contribution in [1.29, 1.82) is 0 Å². The lowest BCUT2D eigenvalue weighted by atomic mass is 9.88. The lowest BCUT2D eigenvalue weighted by Crippen LogP contribution is -2.01. The lowest BCUT2D eigenvalue weighted by Gasteiger charge is -2.16. The number of fused-ring (bicyclic) bond motifs is 6. The molecule has 6 rings (SSSR count). The van der Waals surface area contributed by atoms with E-state index in [4.69, 9.17) is 4.99 Å². The fraction of sp³-hybridized carbons (Fsp3) is 0.233. The normalized spacial score (nSPS) is 16.5. The van der Waals surface area contributed by atoms with Crippen LogP contribution in [0.1, 0.15) is 60.9 Å². The van der Waals surface area contributed by atoms with Crippen LogP contribution < -0.4 is 0 Å². The number of hydrogen-bond donors (Lipinski definition) is 0. The molecular formula is C30H27N. The second-order valence-corrected chi connectivity index (χ2v) is 9.27. The van der Waals surface area contributed by atoms with E-state index in [1.807, 2.05) is 0 Å². The Morgan fingerprint density at radius 1 is 0.710 bits per heavy atom. The van der Waals surface area contributed by atoms with Crippen molar-refractivity contribution >= 4 is 17.0 Å². The first kappa shape index (κ1) is 18.6. The minimum Gasteiger partial charge on any atom is -0.247 e. The summed E-state index contributed by atoms with van der Waals surface area (Å²) in [5, 5.41) is 0. The van der Waals surface area contributed by atoms with Gasteiger partial charge in [-0.15, -0.1) is 0 Å². The van der Waals surface area contributed by atoms with E-state index in [0.29, 0.717) is 5.92 Å². The molecule has 0 atom stereocenters. The van der Waals surface area contributed by atoms with Gasteiger partial charge in [-0.25, -0.2) is 4.99 Å². The average Bonchev–Trinajstić information content (AvgIpc) is 3.37. The van der Waals surface area contributed by atoms with Crippen LogP contribution in [0.4, 0.5) is 5.69 Å². The summed E-state index contributed by atoms with van der Waals surface area (Å²) >= 11 is 0. The monoisotopic (exact) mass is 401 g/mol. The van der Waals surface area contributed by atoms with Gasteiger partial charge in [-0.1, -0.05) is 48.5 Å². The topological polar surface area (TPSA) is 12.4 Å². The third-order valence-corrected chi connectivity index (χ3v) is 7.71. The molecule has 0 aromatic heterocycles. The highest BCUT2D eigenvalue weighted by atomic mass is 14.8. The quantitative estimate of drug-likeness (QED) is 0.422. The summed E-state index contributed by atoms with van der Waals surface area (Å²) < 4.78 is 0. The van der Waals surface area contributed by atoms with Gasteiger partial charge in [-0.3, -0.25) is 0 Å². The molecule has 0 fully saturated rings. The highest BCUT2D eigenvalue weighted by Gasteiger charge is 2.31. The minimum absolute atomic E-state index is 0.477. The number of rotatable bonds is 3. The molecule has 152 valence electrons. The smallest absolute Gasteiger partial charge is 0.0750 e. The molecule has 31 heavy (non-hydrogen) atoms. The van der Waals surface area contributed by atoms with E-state index in [0.717, 1.165) is 18.5 Å². The molecule has 1 heteroatoms. The van der Waals surface area contributed by atoms with E-state index < -0.39 is 0 Å². The summed E-state index contributed by atoms with van der Waals surface area (Å²) in [6.07, 6.45) is 2.22. The van der Waals surface area contributed by atoms with Crippen molar-refractivity contribution in [3.63, 3.8) is 0 Å². The van der Waals surface area contributed by atoms with E-state index in [1.165, 1.54) is 66.9 Å². The zero-order valence-electron chi connectivity index (χ0n) is 18.7. The molecule has 0 saturated heterocycles. The van der Waals surface area contributed by atoms with Gasteiger partial charge in [0.25, 0.3) is 0 Å². The van der Waals surface area contributed by atoms with Crippen LogP contribution in [0.3, 0.4) is 0 Å². The summed E-state index contributed by atoms with van der Waals surface area (Å²) in [6, 6.07) is 22.6. The average molecular weight is 402 g/mol. The molecule has 0 saturated carbocycles. The molecule has 1 heterocycles. The van der Waals surface area contributed by atoms with Gasteiger partial charge >= 0.3 is 0 Å². The number of benzene rings is 3. The van der Waals surface area contributed by atoms with E-state index in [9.17, 15) is 0 Å². The standard InChI is InChI=1S/C30H27N/c1-17-15-28-27(29-19(3)18(2)20(4)30(29)31-28)16-21(17)13-14-26-24-11-7-5-9-22(24)23-10-6-8-12-25(23)26/h5-12,15-16,26H,13-14H2,1-4H3. The van der Waals surface area contributed by atoms with Crippen molar-refractivity contribution in [3.05, 3.63) is 105 Å². The van der Waals surface area contributed by atoms with Crippen molar-refractivity contribution in [2.24, 2.45) is 4.99 Å². The predicted octanol–water partition coefficient (Wildman–Crippen LogP) is 7.95. The number of nitrogens with zero attached hydrogens (tertiary/aromatic N) is 1. The van der Waals surface area contributed by atoms with Gasteiger partial charge in [0.1, 0.15) is 0 Å². The fourth-order valence-electron chi connectivity index (χ4n) is 5.77. The summed E-state index contributed by atoms with van der Waals surface area (Å²) in [5.74, 6) is 0.477. The predicted molar refractivity (Wildman–Crippen MR) is 131 cm³/mol. The second-order valence-electron chi connectivity index (χ2n) is 9.27. The minimum atomic E-state index is 0.477. The van der Waals surface area contributed by atoms with Gasteiger partial charge in [-0.05, 0) is 103 Å². The Morgan fingerprint density at radius 2 is 1.35 bits per heavy atom. The molecule has 0 unspecified atom stereocenters. The molecule has 0 radical (unpaired) electrons. The molecule has 3 aromatic carbocycles. The van der Waals surface area contributed by atoms with Crippen LogP contribution in [0.25, 0.3) is 16.7 Å². The lowest BCUT2D eigenvalue weighted by molar-refractivity contribution is 0.727. The first-order valence-corrected chi connectivity index (χ1v) is 11.3. The van der Waals surface area contributed by atoms with Crippen LogP contribution in [-0.2, 0) is 6.42 Å². The van der Waals surface area contributed by atoms with E-state index in [1.54, 1.807) is 0 Å². The second kappa shape index (κ2) is 6.65. The molecule has 2 aliphatic carbocycles. The maximum Gasteiger partial charge on any atom is 0.0750 e. The Morgan fingerprint density at radius 3 is 2.03 bits per heavy atom. The summed E-state index contributed by atoms with van der Waals surface area (Å²) in [5.41, 5.74) is 17.8. The first-order valence-electron chi connectivity index (χ1n) is 11.3. The molecule has 3 aromatic rings. The molecule has 0 amide bonds. The van der Waals surface area contributed by atoms with Crippen LogP contribution >= 0.6 is 0 Å². The van der Waals surface area contributed by atoms with Crippen molar-refractivity contribution < 1.29 is 0 Å². The SMILES string of the molecule is CC1=C(C)C(C)=C2C1=Nc1cc(C)c(CCC3c4ccccc4-c4ccccc43)cc12. The zero-order chi connectivity index (χ0) is 21.3. The van der Waals surface area contributed by atoms with Gasteiger partial charge in [0.2, 0.25) is 0 Å². The number of allylic oxidation sites excluding steroid dienone is 4. The van der Waals surface area contributed by atoms with E-state index in [2.05, 4.69) is 88.4 Å². The third-order valence-electron chi connectivity index (χ3n) is 7.71. The number of hydrogen-bond acceptors (Lipinski definition) is 1. The number of aliphatic imine (C=N–C) groups is 1. The van der Waals surface area contributed by atoms with Crippen molar-refractivity contribution in [2.45, 2.75) is 46.5 Å². The van der Waals surface area contributed by atoms with Crippen molar-refractivity contribution in [1.82, 2.24) is 0 Å². The Hall–Kier alpha value is -3.19. The van der Waals surface area contributed by atoms with Gasteiger partial charge in [0, 0.05) is 17.1 Å². The molecule has 1 aliphatic heterocycles.